The standard InChI is InChI=1S/C29H37F2N5O/c1-5-8-25(34-22-12-11-19-13-21(30)14-24(31)23(19)15-22)28(37)35-27-17-36(18-32-27)26-10-7-6-9-20(26)16-33-29(2,3)4/h6-7,9-10,13-14,17-18,22,25,33-34H,5,8,11-12,15-16H2,1-4H3,(H,35,37)/t22-,25?/m0/s1. The zero-order valence-electron chi connectivity index (χ0n) is 22.1. The lowest BCUT2D eigenvalue weighted by Crippen LogP contribution is -2.48. The molecule has 1 aliphatic rings. The summed E-state index contributed by atoms with van der Waals surface area (Å²) < 4.78 is 29.8. The molecule has 37 heavy (non-hydrogen) atoms. The lowest BCUT2D eigenvalue weighted by Gasteiger charge is -2.29. The molecule has 0 saturated carbocycles. The number of nitrogens with zero attached hydrogens (tertiary/aromatic N) is 2. The third-order valence-electron chi connectivity index (χ3n) is 6.71. The molecule has 1 unspecified atom stereocenters. The fourth-order valence-corrected chi connectivity index (χ4v) is 4.80. The van der Waals surface area contributed by atoms with Gasteiger partial charge < -0.3 is 20.5 Å². The predicted octanol–water partition coefficient (Wildman–Crippen LogP) is 5.29. The normalized spacial score (nSPS) is 16.3. The monoisotopic (exact) mass is 509 g/mol. The molecule has 0 spiro atoms. The minimum absolute atomic E-state index is 0.00908. The zero-order valence-corrected chi connectivity index (χ0v) is 22.1. The quantitative estimate of drug-likeness (QED) is 0.367. The first-order valence-electron chi connectivity index (χ1n) is 13.0. The van der Waals surface area contributed by atoms with Gasteiger partial charge in [-0.3, -0.25) is 4.79 Å². The van der Waals surface area contributed by atoms with Crippen LogP contribution < -0.4 is 16.0 Å². The number of hydrogen-bond acceptors (Lipinski definition) is 4. The van der Waals surface area contributed by atoms with Crippen molar-refractivity contribution in [2.75, 3.05) is 5.32 Å². The lowest BCUT2D eigenvalue weighted by molar-refractivity contribution is -0.118. The van der Waals surface area contributed by atoms with Gasteiger partial charge in [0.15, 0.2) is 5.82 Å². The van der Waals surface area contributed by atoms with Crippen molar-refractivity contribution >= 4 is 11.7 Å². The molecule has 8 heteroatoms. The fourth-order valence-electron chi connectivity index (χ4n) is 4.80. The molecule has 4 rings (SSSR count). The topological polar surface area (TPSA) is 71.0 Å². The Kier molecular flexibility index (Phi) is 8.39. The molecule has 6 nitrogen and oxygen atoms in total. The summed E-state index contributed by atoms with van der Waals surface area (Å²) in [6.45, 7) is 9.12. The van der Waals surface area contributed by atoms with Crippen LogP contribution in [0.1, 0.15) is 63.6 Å². The molecule has 1 amide bonds. The van der Waals surface area contributed by atoms with Gasteiger partial charge in [0.1, 0.15) is 18.0 Å². The largest absolute Gasteiger partial charge is 0.308 e. The van der Waals surface area contributed by atoms with Crippen LogP contribution in [0, 0.1) is 11.6 Å². The fraction of sp³-hybridized carbons (Fsp3) is 0.448. The Hall–Kier alpha value is -3.10. The van der Waals surface area contributed by atoms with Crippen LogP contribution in [0.3, 0.4) is 0 Å². The molecule has 0 aliphatic heterocycles. The maximum atomic E-state index is 14.4. The molecule has 3 aromatic rings. The first-order valence-corrected chi connectivity index (χ1v) is 13.0. The van der Waals surface area contributed by atoms with Gasteiger partial charge in [0, 0.05) is 24.2 Å². The Morgan fingerprint density at radius 1 is 1.22 bits per heavy atom. The number of rotatable bonds is 9. The number of carbonyl (C=O) groups is 1. The van der Waals surface area contributed by atoms with Crippen molar-refractivity contribution in [2.24, 2.45) is 0 Å². The first-order chi connectivity index (χ1) is 17.6. The van der Waals surface area contributed by atoms with Crippen LogP contribution in [0.15, 0.2) is 48.9 Å². The molecule has 0 fully saturated rings. The molecular weight excluding hydrogens is 472 g/mol. The molecule has 3 N–H and O–H groups in total. The highest BCUT2D eigenvalue weighted by atomic mass is 19.1. The minimum Gasteiger partial charge on any atom is -0.308 e. The molecule has 2 atom stereocenters. The zero-order chi connectivity index (χ0) is 26.6. The Morgan fingerprint density at radius 3 is 2.76 bits per heavy atom. The average Bonchev–Trinajstić information content (AvgIpc) is 3.30. The number of aryl methyl sites for hydroxylation is 1. The average molecular weight is 510 g/mol. The summed E-state index contributed by atoms with van der Waals surface area (Å²) in [5, 5.41) is 9.88. The van der Waals surface area contributed by atoms with Gasteiger partial charge in [-0.2, -0.15) is 0 Å². The number of carbonyl (C=O) groups excluding carboxylic acids is 1. The number of nitrogens with one attached hydrogen (secondary N) is 3. The van der Waals surface area contributed by atoms with Crippen molar-refractivity contribution in [3.8, 4) is 5.69 Å². The molecular formula is C29H37F2N5O. The maximum Gasteiger partial charge on any atom is 0.242 e. The van der Waals surface area contributed by atoms with Gasteiger partial charge in [0.05, 0.1) is 17.9 Å². The van der Waals surface area contributed by atoms with Gasteiger partial charge in [0.25, 0.3) is 0 Å². The number of aromatic nitrogens is 2. The van der Waals surface area contributed by atoms with Crippen LogP contribution in [0.5, 0.6) is 0 Å². The van der Waals surface area contributed by atoms with Gasteiger partial charge >= 0.3 is 0 Å². The summed E-state index contributed by atoms with van der Waals surface area (Å²) in [6, 6.07) is 9.95. The highest BCUT2D eigenvalue weighted by molar-refractivity contribution is 5.94. The number of imidazole rings is 1. The van der Waals surface area contributed by atoms with Crippen LogP contribution in [-0.4, -0.2) is 33.1 Å². The SMILES string of the molecule is CCCC(N[C@H]1CCc2cc(F)cc(F)c2C1)C(=O)Nc1cn(-c2ccccc2CNC(C)(C)C)cn1. The minimum atomic E-state index is -0.543. The van der Waals surface area contributed by atoms with Crippen LogP contribution in [0.4, 0.5) is 14.6 Å². The van der Waals surface area contributed by atoms with E-state index in [2.05, 4.69) is 47.8 Å². The van der Waals surface area contributed by atoms with Gasteiger partial charge in [-0.25, -0.2) is 13.8 Å². The van der Waals surface area contributed by atoms with Crippen LogP contribution in [0.25, 0.3) is 5.69 Å². The summed E-state index contributed by atoms with van der Waals surface area (Å²) in [5.74, 6) is -0.748. The second-order valence-electron chi connectivity index (χ2n) is 10.9. The van der Waals surface area contributed by atoms with Gasteiger partial charge in [-0.1, -0.05) is 31.5 Å². The smallest absolute Gasteiger partial charge is 0.242 e. The molecule has 1 heterocycles. The molecule has 0 saturated heterocycles. The summed E-state index contributed by atoms with van der Waals surface area (Å²) in [7, 11) is 0. The van der Waals surface area contributed by atoms with Gasteiger partial charge in [-0.15, -0.1) is 0 Å². The number of amides is 1. The van der Waals surface area contributed by atoms with Crippen molar-refractivity contribution < 1.29 is 13.6 Å². The highest BCUT2D eigenvalue weighted by Gasteiger charge is 2.27. The van der Waals surface area contributed by atoms with E-state index >= 15 is 0 Å². The van der Waals surface area contributed by atoms with Crippen molar-refractivity contribution in [2.45, 2.75) is 84.0 Å². The molecule has 0 bridgehead atoms. The molecule has 2 aromatic carbocycles. The maximum absolute atomic E-state index is 14.4. The molecule has 1 aromatic heterocycles. The van der Waals surface area contributed by atoms with E-state index < -0.39 is 17.7 Å². The van der Waals surface area contributed by atoms with Gasteiger partial charge in [-0.05, 0) is 75.3 Å². The Balaban J connectivity index is 1.42. The van der Waals surface area contributed by atoms with E-state index in [1.807, 2.05) is 35.9 Å². The molecule has 1 aliphatic carbocycles. The third kappa shape index (κ3) is 7.02. The third-order valence-corrected chi connectivity index (χ3v) is 6.71. The summed E-state index contributed by atoms with van der Waals surface area (Å²) in [6.07, 6.45) is 6.71. The number of fused-ring (bicyclic) bond motifs is 1. The van der Waals surface area contributed by atoms with Crippen molar-refractivity contribution in [1.82, 2.24) is 20.2 Å². The Labute approximate surface area is 217 Å². The number of para-hydroxylation sites is 1. The van der Waals surface area contributed by atoms with E-state index in [1.165, 1.54) is 6.07 Å². The van der Waals surface area contributed by atoms with Crippen molar-refractivity contribution in [3.05, 3.63) is 77.2 Å². The summed E-state index contributed by atoms with van der Waals surface area (Å²) in [5.41, 5.74) is 3.37. The van der Waals surface area contributed by atoms with E-state index in [0.717, 1.165) is 35.7 Å². The highest BCUT2D eigenvalue weighted by Crippen LogP contribution is 2.26. The second kappa shape index (κ2) is 11.5. The lowest BCUT2D eigenvalue weighted by atomic mass is 9.87. The Morgan fingerprint density at radius 2 is 2.00 bits per heavy atom. The van der Waals surface area contributed by atoms with E-state index in [1.54, 1.807) is 6.33 Å². The predicted molar refractivity (Wildman–Crippen MR) is 143 cm³/mol. The van der Waals surface area contributed by atoms with E-state index in [4.69, 9.17) is 0 Å². The van der Waals surface area contributed by atoms with Gasteiger partial charge in [0.2, 0.25) is 5.91 Å². The van der Waals surface area contributed by atoms with E-state index in [9.17, 15) is 13.6 Å². The second-order valence-corrected chi connectivity index (χ2v) is 10.9. The van der Waals surface area contributed by atoms with E-state index in [0.29, 0.717) is 37.2 Å². The number of benzene rings is 2. The Bertz CT molecular complexity index is 1230. The van der Waals surface area contributed by atoms with E-state index in [-0.39, 0.29) is 17.5 Å². The van der Waals surface area contributed by atoms with Crippen molar-refractivity contribution in [3.63, 3.8) is 0 Å². The van der Waals surface area contributed by atoms with Crippen LogP contribution in [0.2, 0.25) is 0 Å². The first kappa shape index (κ1) is 26.9. The van der Waals surface area contributed by atoms with Crippen molar-refractivity contribution in [1.29, 1.82) is 0 Å². The van der Waals surface area contributed by atoms with Crippen LogP contribution >= 0.6 is 0 Å². The number of halogens is 2. The summed E-state index contributed by atoms with van der Waals surface area (Å²) in [4.78, 5) is 17.6. The van der Waals surface area contributed by atoms with Crippen LogP contribution in [-0.2, 0) is 24.2 Å². The molecule has 198 valence electrons. The molecule has 0 radical (unpaired) electrons. The summed E-state index contributed by atoms with van der Waals surface area (Å²) >= 11 is 0. The number of hydrogen-bond donors (Lipinski definition) is 3. The number of anilines is 1.